The van der Waals surface area contributed by atoms with Gasteiger partial charge in [0.1, 0.15) is 9.84 Å². The van der Waals surface area contributed by atoms with Crippen molar-refractivity contribution in [2.45, 2.75) is 53.0 Å². The minimum atomic E-state index is -2.88. The fraction of sp³-hybridized carbons (Fsp3) is 0.688. The number of nitrogens with one attached hydrogen (secondary N) is 1. The number of sulfone groups is 1. The van der Waals surface area contributed by atoms with E-state index in [4.69, 9.17) is 0 Å². The van der Waals surface area contributed by atoms with Gasteiger partial charge >= 0.3 is 0 Å². The van der Waals surface area contributed by atoms with Crippen molar-refractivity contribution in [3.63, 3.8) is 0 Å². The van der Waals surface area contributed by atoms with E-state index in [0.29, 0.717) is 6.42 Å². The summed E-state index contributed by atoms with van der Waals surface area (Å²) in [5.74, 6) is 0.487. The summed E-state index contributed by atoms with van der Waals surface area (Å²) in [4.78, 5) is 4.55. The van der Waals surface area contributed by atoms with Gasteiger partial charge in [0.15, 0.2) is 0 Å². The molecule has 1 atom stereocenters. The molecule has 21 heavy (non-hydrogen) atoms. The number of hydrogen-bond donors (Lipinski definition) is 1. The van der Waals surface area contributed by atoms with E-state index >= 15 is 0 Å². The molecule has 1 heterocycles. The van der Waals surface area contributed by atoms with E-state index in [9.17, 15) is 8.42 Å². The van der Waals surface area contributed by atoms with Crippen molar-refractivity contribution in [1.29, 1.82) is 0 Å². The molecule has 5 heteroatoms. The van der Waals surface area contributed by atoms with E-state index in [-0.39, 0.29) is 17.5 Å². The minimum Gasteiger partial charge on any atom is -0.309 e. The SMILES string of the molecule is CCCNC(CCCS(=O)(=O)CC)c1ncc(C)cc1C. The smallest absolute Gasteiger partial charge is 0.150 e. The highest BCUT2D eigenvalue weighted by Crippen LogP contribution is 2.21. The Morgan fingerprint density at radius 1 is 1.29 bits per heavy atom. The summed E-state index contributed by atoms with van der Waals surface area (Å²) in [7, 11) is -2.88. The summed E-state index contributed by atoms with van der Waals surface area (Å²) < 4.78 is 23.2. The van der Waals surface area contributed by atoms with Crippen molar-refractivity contribution >= 4 is 9.84 Å². The Bertz CT molecular complexity index is 541. The molecule has 120 valence electrons. The molecule has 1 aromatic heterocycles. The van der Waals surface area contributed by atoms with Gasteiger partial charge in [-0.3, -0.25) is 4.98 Å². The number of hydrogen-bond acceptors (Lipinski definition) is 4. The lowest BCUT2D eigenvalue weighted by Gasteiger charge is -2.20. The van der Waals surface area contributed by atoms with Crippen molar-refractivity contribution in [2.24, 2.45) is 0 Å². The molecule has 0 bridgehead atoms. The molecular formula is C16H28N2O2S. The first-order valence-corrected chi connectivity index (χ1v) is 9.58. The topological polar surface area (TPSA) is 59.1 Å². The lowest BCUT2D eigenvalue weighted by Crippen LogP contribution is -2.24. The van der Waals surface area contributed by atoms with Crippen LogP contribution in [0.25, 0.3) is 0 Å². The first kappa shape index (κ1) is 18.1. The third-order valence-electron chi connectivity index (χ3n) is 3.61. The van der Waals surface area contributed by atoms with Crippen molar-refractivity contribution in [3.05, 3.63) is 29.1 Å². The van der Waals surface area contributed by atoms with Crippen LogP contribution < -0.4 is 5.32 Å². The third kappa shape index (κ3) is 6.14. The van der Waals surface area contributed by atoms with E-state index in [2.05, 4.69) is 30.2 Å². The molecule has 0 amide bonds. The monoisotopic (exact) mass is 312 g/mol. The van der Waals surface area contributed by atoms with Gasteiger partial charge < -0.3 is 5.32 Å². The third-order valence-corrected chi connectivity index (χ3v) is 5.40. The molecule has 0 aliphatic heterocycles. The molecule has 0 spiro atoms. The number of rotatable bonds is 9. The maximum absolute atomic E-state index is 11.6. The minimum absolute atomic E-state index is 0.137. The lowest BCUT2D eigenvalue weighted by atomic mass is 10.0. The van der Waals surface area contributed by atoms with Crippen molar-refractivity contribution in [2.75, 3.05) is 18.1 Å². The molecule has 0 fully saturated rings. The number of pyridine rings is 1. The molecule has 0 aliphatic rings. The molecule has 1 unspecified atom stereocenters. The van der Waals surface area contributed by atoms with Gasteiger partial charge in [-0.05, 0) is 50.8 Å². The van der Waals surface area contributed by atoms with Gasteiger partial charge in [-0.2, -0.15) is 0 Å². The van der Waals surface area contributed by atoms with Gasteiger partial charge in [-0.1, -0.05) is 19.9 Å². The van der Waals surface area contributed by atoms with Gasteiger partial charge in [0.05, 0.1) is 11.4 Å². The number of aromatic nitrogens is 1. The molecule has 0 saturated carbocycles. The average Bonchev–Trinajstić information content (AvgIpc) is 2.43. The maximum atomic E-state index is 11.6. The van der Waals surface area contributed by atoms with Crippen LogP contribution in [0.2, 0.25) is 0 Å². The number of aryl methyl sites for hydroxylation is 2. The Kier molecular flexibility index (Phi) is 7.32. The predicted molar refractivity (Wildman–Crippen MR) is 88.3 cm³/mol. The highest BCUT2D eigenvalue weighted by molar-refractivity contribution is 7.91. The van der Waals surface area contributed by atoms with Crippen molar-refractivity contribution in [1.82, 2.24) is 10.3 Å². The fourth-order valence-corrected chi connectivity index (χ4v) is 3.29. The molecule has 0 aliphatic carbocycles. The summed E-state index contributed by atoms with van der Waals surface area (Å²) in [5, 5.41) is 3.49. The van der Waals surface area contributed by atoms with E-state index in [1.54, 1.807) is 6.92 Å². The molecular weight excluding hydrogens is 284 g/mol. The maximum Gasteiger partial charge on any atom is 0.150 e. The van der Waals surface area contributed by atoms with Crippen LogP contribution in [0.4, 0.5) is 0 Å². The van der Waals surface area contributed by atoms with Gasteiger partial charge in [0, 0.05) is 18.0 Å². The van der Waals surface area contributed by atoms with Crippen LogP contribution >= 0.6 is 0 Å². The van der Waals surface area contributed by atoms with Crippen LogP contribution in [-0.2, 0) is 9.84 Å². The van der Waals surface area contributed by atoms with Crippen LogP contribution in [-0.4, -0.2) is 31.5 Å². The number of nitrogens with zero attached hydrogens (tertiary/aromatic N) is 1. The first-order chi connectivity index (χ1) is 9.89. The Balaban J connectivity index is 2.76. The zero-order chi connectivity index (χ0) is 15.9. The summed E-state index contributed by atoms with van der Waals surface area (Å²) >= 11 is 0. The Hall–Kier alpha value is -0.940. The zero-order valence-electron chi connectivity index (χ0n) is 13.6. The molecule has 1 rings (SSSR count). The van der Waals surface area contributed by atoms with Crippen LogP contribution in [0.15, 0.2) is 12.3 Å². The van der Waals surface area contributed by atoms with E-state index in [0.717, 1.165) is 30.6 Å². The molecule has 0 radical (unpaired) electrons. The quantitative estimate of drug-likeness (QED) is 0.761. The second-order valence-electron chi connectivity index (χ2n) is 5.60. The second-order valence-corrected chi connectivity index (χ2v) is 8.07. The highest BCUT2D eigenvalue weighted by Gasteiger charge is 2.16. The average molecular weight is 312 g/mol. The molecule has 0 saturated heterocycles. The van der Waals surface area contributed by atoms with E-state index in [1.165, 1.54) is 5.56 Å². The van der Waals surface area contributed by atoms with E-state index < -0.39 is 9.84 Å². The largest absolute Gasteiger partial charge is 0.309 e. The Morgan fingerprint density at radius 2 is 2.00 bits per heavy atom. The van der Waals surface area contributed by atoms with Crippen LogP contribution in [0, 0.1) is 13.8 Å². The van der Waals surface area contributed by atoms with E-state index in [1.807, 2.05) is 13.1 Å². The summed E-state index contributed by atoms with van der Waals surface area (Å²) in [6.07, 6.45) is 4.41. The normalized spacial score (nSPS) is 13.3. The lowest BCUT2D eigenvalue weighted by molar-refractivity contribution is 0.480. The molecule has 1 N–H and O–H groups in total. The van der Waals surface area contributed by atoms with Crippen LogP contribution in [0.5, 0.6) is 0 Å². The Morgan fingerprint density at radius 3 is 2.57 bits per heavy atom. The van der Waals surface area contributed by atoms with Crippen molar-refractivity contribution < 1.29 is 8.42 Å². The Labute approximate surface area is 129 Å². The van der Waals surface area contributed by atoms with Gasteiger partial charge in [0.2, 0.25) is 0 Å². The van der Waals surface area contributed by atoms with Gasteiger partial charge in [0.25, 0.3) is 0 Å². The van der Waals surface area contributed by atoms with Gasteiger partial charge in [-0.15, -0.1) is 0 Å². The summed E-state index contributed by atoms with van der Waals surface area (Å²) in [6.45, 7) is 8.85. The van der Waals surface area contributed by atoms with Crippen LogP contribution in [0.3, 0.4) is 0 Å². The summed E-state index contributed by atoms with van der Waals surface area (Å²) in [5.41, 5.74) is 3.36. The molecule has 4 nitrogen and oxygen atoms in total. The first-order valence-electron chi connectivity index (χ1n) is 7.76. The molecule has 0 aromatic carbocycles. The van der Waals surface area contributed by atoms with Crippen LogP contribution in [0.1, 0.15) is 56.0 Å². The zero-order valence-corrected chi connectivity index (χ0v) is 14.5. The predicted octanol–water partition coefficient (Wildman–Crippen LogP) is 2.95. The summed E-state index contributed by atoms with van der Waals surface area (Å²) in [6, 6.07) is 2.27. The standard InChI is InChI=1S/C16H28N2O2S/c1-5-9-17-15(8-7-10-21(19,20)6-2)16-14(4)11-13(3)12-18-16/h11-12,15,17H,5-10H2,1-4H3. The fourth-order valence-electron chi connectivity index (χ4n) is 2.40. The second kappa shape index (κ2) is 8.49. The van der Waals surface area contributed by atoms with Gasteiger partial charge in [-0.25, -0.2) is 8.42 Å². The molecule has 1 aromatic rings. The van der Waals surface area contributed by atoms with Crippen molar-refractivity contribution in [3.8, 4) is 0 Å². The highest BCUT2D eigenvalue weighted by atomic mass is 32.2.